The minimum Gasteiger partial charge on any atom is -0.465 e. The highest BCUT2D eigenvalue weighted by Gasteiger charge is 2.31. The molecule has 0 bridgehead atoms. The maximum atomic E-state index is 13.8. The molecule has 0 amide bonds. The maximum absolute atomic E-state index is 13.8. The van der Waals surface area contributed by atoms with Gasteiger partial charge >= 0.3 is 12.1 Å². The minimum absolute atomic E-state index is 0.113. The third kappa shape index (κ3) is 4.60. The topological polar surface area (TPSA) is 50.4 Å². The summed E-state index contributed by atoms with van der Waals surface area (Å²) in [5.41, 5.74) is -0.948. The molecular formula is C18H11ClF4N2O2S2. The van der Waals surface area contributed by atoms with Crippen LogP contribution in [-0.2, 0) is 10.9 Å². The van der Waals surface area contributed by atoms with Crippen molar-refractivity contribution >= 4 is 67.7 Å². The van der Waals surface area contributed by atoms with Crippen molar-refractivity contribution in [2.24, 2.45) is 0 Å². The number of halogens is 5. The predicted octanol–water partition coefficient (Wildman–Crippen LogP) is 6.31. The van der Waals surface area contributed by atoms with Crippen LogP contribution in [-0.4, -0.2) is 18.2 Å². The van der Waals surface area contributed by atoms with Crippen LogP contribution in [0.3, 0.4) is 0 Å². The highest BCUT2D eigenvalue weighted by atomic mass is 35.5. The Bertz CT molecular complexity index is 1120. The van der Waals surface area contributed by atoms with Gasteiger partial charge < -0.3 is 15.4 Å². The number of ether oxygens (including phenoxy) is 1. The zero-order chi connectivity index (χ0) is 21.3. The summed E-state index contributed by atoms with van der Waals surface area (Å²) >= 11 is 12.4. The maximum Gasteiger partial charge on any atom is 0.416 e. The molecule has 4 nitrogen and oxygen atoms in total. The van der Waals surface area contributed by atoms with E-state index in [1.807, 2.05) is 0 Å². The fourth-order valence-electron chi connectivity index (χ4n) is 2.45. The van der Waals surface area contributed by atoms with Crippen LogP contribution >= 0.6 is 35.2 Å². The Morgan fingerprint density at radius 2 is 1.90 bits per heavy atom. The van der Waals surface area contributed by atoms with Crippen molar-refractivity contribution in [2.75, 3.05) is 17.7 Å². The van der Waals surface area contributed by atoms with E-state index in [4.69, 9.17) is 23.8 Å². The van der Waals surface area contributed by atoms with Crippen molar-refractivity contribution in [1.82, 2.24) is 0 Å². The molecule has 0 atom stereocenters. The minimum atomic E-state index is -4.61. The lowest BCUT2D eigenvalue weighted by Crippen LogP contribution is -2.20. The number of rotatable bonds is 3. The number of methoxy groups -OCH3 is 1. The van der Waals surface area contributed by atoms with Crippen molar-refractivity contribution in [3.05, 3.63) is 57.7 Å². The monoisotopic (exact) mass is 462 g/mol. The van der Waals surface area contributed by atoms with E-state index in [-0.39, 0.29) is 15.0 Å². The summed E-state index contributed by atoms with van der Waals surface area (Å²) in [6.45, 7) is 0. The molecule has 0 aliphatic heterocycles. The molecule has 0 saturated carbocycles. The zero-order valence-corrected chi connectivity index (χ0v) is 16.9. The number of thiocarbonyl (C=S) groups is 1. The third-order valence-electron chi connectivity index (χ3n) is 3.80. The van der Waals surface area contributed by atoms with Gasteiger partial charge in [0.1, 0.15) is 10.7 Å². The molecule has 0 spiro atoms. The summed E-state index contributed by atoms with van der Waals surface area (Å²) in [5.74, 6) is -1.45. The van der Waals surface area contributed by atoms with Gasteiger partial charge in [0.15, 0.2) is 5.11 Å². The number of alkyl halides is 3. The smallest absolute Gasteiger partial charge is 0.416 e. The molecule has 0 fully saturated rings. The number of fused-ring (bicyclic) bond motifs is 1. The first-order valence-electron chi connectivity index (χ1n) is 7.85. The lowest BCUT2D eigenvalue weighted by Gasteiger charge is -2.13. The number of carbonyl (C=O) groups excluding carboxylic acids is 1. The van der Waals surface area contributed by atoms with E-state index in [0.29, 0.717) is 34.0 Å². The lowest BCUT2D eigenvalue weighted by atomic mass is 10.2. The average molecular weight is 463 g/mol. The Balaban J connectivity index is 1.81. The predicted molar refractivity (Wildman–Crippen MR) is 109 cm³/mol. The molecule has 1 heterocycles. The SMILES string of the molecule is COC(=O)c1sc2cc(NC(=S)Nc3cc(C(F)(F)F)ccc3F)ccc2c1Cl. The van der Waals surface area contributed by atoms with E-state index in [2.05, 4.69) is 15.4 Å². The molecule has 0 radical (unpaired) electrons. The van der Waals surface area contributed by atoms with Gasteiger partial charge in [-0.15, -0.1) is 11.3 Å². The van der Waals surface area contributed by atoms with Crippen LogP contribution < -0.4 is 10.6 Å². The standard InChI is InChI=1S/C18H11ClF4N2O2S2/c1-27-16(26)15-14(19)10-4-3-9(7-13(10)29-15)24-17(28)25-12-6-8(18(21,22)23)2-5-11(12)20/h2-7H,1H3,(H2,24,25,28). The van der Waals surface area contributed by atoms with Crippen LogP contribution in [0.2, 0.25) is 5.02 Å². The Kier molecular flexibility index (Phi) is 5.97. The van der Waals surface area contributed by atoms with Gasteiger partial charge in [-0.3, -0.25) is 0 Å². The molecular weight excluding hydrogens is 452 g/mol. The normalized spacial score (nSPS) is 11.4. The van der Waals surface area contributed by atoms with Gasteiger partial charge in [0, 0.05) is 15.8 Å². The number of carbonyl (C=O) groups is 1. The molecule has 0 saturated heterocycles. The van der Waals surface area contributed by atoms with Gasteiger partial charge in [0.25, 0.3) is 0 Å². The van der Waals surface area contributed by atoms with E-state index in [0.717, 1.165) is 11.3 Å². The number of nitrogens with one attached hydrogen (secondary N) is 2. The van der Waals surface area contributed by atoms with Crippen molar-refractivity contribution in [3.63, 3.8) is 0 Å². The molecule has 152 valence electrons. The van der Waals surface area contributed by atoms with Crippen LogP contribution in [0.1, 0.15) is 15.2 Å². The molecule has 2 N–H and O–H groups in total. The Hall–Kier alpha value is -2.43. The number of anilines is 2. The number of benzene rings is 2. The Labute approximate surface area is 176 Å². The van der Waals surface area contributed by atoms with Crippen molar-refractivity contribution in [3.8, 4) is 0 Å². The van der Waals surface area contributed by atoms with E-state index >= 15 is 0 Å². The van der Waals surface area contributed by atoms with Gasteiger partial charge in [-0.1, -0.05) is 11.6 Å². The van der Waals surface area contributed by atoms with Crippen LogP contribution in [0.15, 0.2) is 36.4 Å². The molecule has 0 aliphatic carbocycles. The number of thiophene rings is 1. The first-order chi connectivity index (χ1) is 13.6. The van der Waals surface area contributed by atoms with Crippen LogP contribution in [0.5, 0.6) is 0 Å². The van der Waals surface area contributed by atoms with E-state index in [1.165, 1.54) is 7.11 Å². The third-order valence-corrected chi connectivity index (χ3v) is 5.64. The molecule has 29 heavy (non-hydrogen) atoms. The lowest BCUT2D eigenvalue weighted by molar-refractivity contribution is -0.137. The molecule has 0 aliphatic rings. The van der Waals surface area contributed by atoms with Gasteiger partial charge in [-0.05, 0) is 48.6 Å². The van der Waals surface area contributed by atoms with Gasteiger partial charge in [0.05, 0.1) is 23.4 Å². The Morgan fingerprint density at radius 1 is 1.17 bits per heavy atom. The average Bonchev–Trinajstić information content (AvgIpc) is 2.98. The fourth-order valence-corrected chi connectivity index (χ4v) is 4.14. The first kappa shape index (κ1) is 21.3. The highest BCUT2D eigenvalue weighted by molar-refractivity contribution is 7.80. The van der Waals surface area contributed by atoms with Crippen molar-refractivity contribution in [1.29, 1.82) is 0 Å². The molecule has 3 rings (SSSR count). The van der Waals surface area contributed by atoms with E-state index < -0.39 is 29.2 Å². The number of hydrogen-bond acceptors (Lipinski definition) is 4. The second-order valence-electron chi connectivity index (χ2n) is 5.72. The van der Waals surface area contributed by atoms with Crippen molar-refractivity contribution in [2.45, 2.75) is 6.18 Å². The van der Waals surface area contributed by atoms with Crippen LogP contribution in [0, 0.1) is 5.82 Å². The summed E-state index contributed by atoms with van der Waals surface area (Å²) in [5, 5.41) is 5.95. The summed E-state index contributed by atoms with van der Waals surface area (Å²) in [7, 11) is 1.24. The molecule has 0 unspecified atom stereocenters. The van der Waals surface area contributed by atoms with Gasteiger partial charge in [0.2, 0.25) is 0 Å². The quantitative estimate of drug-likeness (QED) is 0.271. The summed E-state index contributed by atoms with van der Waals surface area (Å²) in [4.78, 5) is 12.0. The largest absolute Gasteiger partial charge is 0.465 e. The highest BCUT2D eigenvalue weighted by Crippen LogP contribution is 2.37. The summed E-state index contributed by atoms with van der Waals surface area (Å²) < 4.78 is 57.6. The molecule has 3 aromatic rings. The number of hydrogen-bond donors (Lipinski definition) is 2. The zero-order valence-electron chi connectivity index (χ0n) is 14.5. The van der Waals surface area contributed by atoms with Crippen LogP contribution in [0.4, 0.5) is 28.9 Å². The van der Waals surface area contributed by atoms with E-state index in [9.17, 15) is 22.4 Å². The number of esters is 1. The molecule has 2 aromatic carbocycles. The molecule has 11 heteroatoms. The van der Waals surface area contributed by atoms with Gasteiger partial charge in [-0.25, -0.2) is 9.18 Å². The van der Waals surface area contributed by atoms with E-state index in [1.54, 1.807) is 18.2 Å². The van der Waals surface area contributed by atoms with Crippen molar-refractivity contribution < 1.29 is 27.1 Å². The fraction of sp³-hybridized carbons (Fsp3) is 0.111. The Morgan fingerprint density at radius 3 is 2.55 bits per heavy atom. The second-order valence-corrected chi connectivity index (χ2v) is 7.56. The summed E-state index contributed by atoms with van der Waals surface area (Å²) in [6, 6.07) is 6.89. The summed E-state index contributed by atoms with van der Waals surface area (Å²) in [6.07, 6.45) is -4.61. The first-order valence-corrected chi connectivity index (χ1v) is 9.45. The van der Waals surface area contributed by atoms with Gasteiger partial charge in [-0.2, -0.15) is 13.2 Å². The second kappa shape index (κ2) is 8.13. The van der Waals surface area contributed by atoms with Crippen LogP contribution in [0.25, 0.3) is 10.1 Å². The molecule has 1 aromatic heterocycles.